The van der Waals surface area contributed by atoms with Crippen molar-refractivity contribution in [1.29, 1.82) is 0 Å². The molecule has 2 N–H and O–H groups in total. The third-order valence-electron chi connectivity index (χ3n) is 2.82. The summed E-state index contributed by atoms with van der Waals surface area (Å²) in [5.74, 6) is 1.11. The summed E-state index contributed by atoms with van der Waals surface area (Å²) >= 11 is 0. The highest BCUT2D eigenvalue weighted by Gasteiger charge is 2.09. The first-order valence-electron chi connectivity index (χ1n) is 5.39. The molecular formula is C13H16N2O. The SMILES string of the molecule is COc1ccc2ccnc(C(C)CN)c2c1. The minimum atomic E-state index is 0.260. The van der Waals surface area contributed by atoms with Gasteiger partial charge in [-0.15, -0.1) is 0 Å². The Kier molecular flexibility index (Phi) is 3.06. The van der Waals surface area contributed by atoms with E-state index in [1.807, 2.05) is 30.5 Å². The molecule has 3 heteroatoms. The number of hydrogen-bond donors (Lipinski definition) is 1. The van der Waals surface area contributed by atoms with E-state index in [4.69, 9.17) is 10.5 Å². The van der Waals surface area contributed by atoms with Crippen LogP contribution in [-0.4, -0.2) is 18.6 Å². The predicted molar refractivity (Wildman–Crippen MR) is 65.8 cm³/mol. The third kappa shape index (κ3) is 1.86. The Hall–Kier alpha value is -1.61. The maximum absolute atomic E-state index is 5.69. The van der Waals surface area contributed by atoms with E-state index < -0.39 is 0 Å². The van der Waals surface area contributed by atoms with E-state index in [0.29, 0.717) is 6.54 Å². The minimum absolute atomic E-state index is 0.260. The van der Waals surface area contributed by atoms with Crippen molar-refractivity contribution in [2.24, 2.45) is 5.73 Å². The van der Waals surface area contributed by atoms with Gasteiger partial charge in [0.2, 0.25) is 0 Å². The zero-order valence-corrected chi connectivity index (χ0v) is 9.60. The molecule has 0 bridgehead atoms. The van der Waals surface area contributed by atoms with Crippen LogP contribution in [0.2, 0.25) is 0 Å². The highest BCUT2D eigenvalue weighted by atomic mass is 16.5. The number of fused-ring (bicyclic) bond motifs is 1. The molecule has 0 saturated carbocycles. The Labute approximate surface area is 95.2 Å². The maximum Gasteiger partial charge on any atom is 0.119 e. The molecule has 84 valence electrons. The van der Waals surface area contributed by atoms with Crippen molar-refractivity contribution in [1.82, 2.24) is 4.98 Å². The van der Waals surface area contributed by atoms with Crippen LogP contribution in [0.4, 0.5) is 0 Å². The first-order chi connectivity index (χ1) is 7.76. The summed E-state index contributed by atoms with van der Waals surface area (Å²) in [4.78, 5) is 4.42. The van der Waals surface area contributed by atoms with Crippen LogP contribution in [0.15, 0.2) is 30.5 Å². The van der Waals surface area contributed by atoms with E-state index in [9.17, 15) is 0 Å². The number of pyridine rings is 1. The van der Waals surface area contributed by atoms with Crippen molar-refractivity contribution in [2.45, 2.75) is 12.8 Å². The second kappa shape index (κ2) is 4.49. The summed E-state index contributed by atoms with van der Waals surface area (Å²) in [6, 6.07) is 8.02. The molecule has 2 rings (SSSR count). The summed E-state index contributed by atoms with van der Waals surface area (Å²) in [6.45, 7) is 2.69. The van der Waals surface area contributed by atoms with Gasteiger partial charge in [-0.2, -0.15) is 0 Å². The fraction of sp³-hybridized carbons (Fsp3) is 0.308. The molecule has 0 spiro atoms. The molecule has 1 aromatic carbocycles. The lowest BCUT2D eigenvalue weighted by atomic mass is 10.0. The Morgan fingerprint density at radius 2 is 2.19 bits per heavy atom. The second-order valence-electron chi connectivity index (χ2n) is 3.92. The molecule has 0 aliphatic heterocycles. The highest BCUT2D eigenvalue weighted by Crippen LogP contribution is 2.26. The molecule has 0 fully saturated rings. The normalized spacial score (nSPS) is 12.7. The Bertz CT molecular complexity index is 496. The monoisotopic (exact) mass is 216 g/mol. The van der Waals surface area contributed by atoms with Crippen molar-refractivity contribution in [3.63, 3.8) is 0 Å². The van der Waals surface area contributed by atoms with Gasteiger partial charge in [0.05, 0.1) is 12.8 Å². The molecular weight excluding hydrogens is 200 g/mol. The van der Waals surface area contributed by atoms with Crippen LogP contribution in [0.1, 0.15) is 18.5 Å². The van der Waals surface area contributed by atoms with Crippen LogP contribution in [0.3, 0.4) is 0 Å². The van der Waals surface area contributed by atoms with Gasteiger partial charge in [0, 0.05) is 24.0 Å². The summed E-state index contributed by atoms with van der Waals surface area (Å²) < 4.78 is 5.23. The molecule has 1 heterocycles. The summed E-state index contributed by atoms with van der Waals surface area (Å²) in [5.41, 5.74) is 6.74. The number of methoxy groups -OCH3 is 1. The van der Waals surface area contributed by atoms with E-state index in [0.717, 1.165) is 16.8 Å². The predicted octanol–water partition coefficient (Wildman–Crippen LogP) is 2.31. The average molecular weight is 216 g/mol. The molecule has 16 heavy (non-hydrogen) atoms. The topological polar surface area (TPSA) is 48.1 Å². The lowest BCUT2D eigenvalue weighted by Gasteiger charge is -2.11. The highest BCUT2D eigenvalue weighted by molar-refractivity contribution is 5.86. The molecule has 0 amide bonds. The van der Waals surface area contributed by atoms with Crippen molar-refractivity contribution >= 4 is 10.8 Å². The van der Waals surface area contributed by atoms with Crippen LogP contribution < -0.4 is 10.5 Å². The van der Waals surface area contributed by atoms with E-state index in [2.05, 4.69) is 11.9 Å². The Morgan fingerprint density at radius 1 is 1.38 bits per heavy atom. The summed E-state index contributed by atoms with van der Waals surface area (Å²) in [6.07, 6.45) is 1.83. The zero-order chi connectivity index (χ0) is 11.5. The molecule has 0 saturated heterocycles. The van der Waals surface area contributed by atoms with E-state index in [1.165, 1.54) is 5.39 Å². The first kappa shape index (κ1) is 10.9. The van der Waals surface area contributed by atoms with Gasteiger partial charge in [-0.05, 0) is 23.6 Å². The van der Waals surface area contributed by atoms with Gasteiger partial charge < -0.3 is 10.5 Å². The van der Waals surface area contributed by atoms with Crippen molar-refractivity contribution < 1.29 is 4.74 Å². The fourth-order valence-electron chi connectivity index (χ4n) is 1.80. The van der Waals surface area contributed by atoms with E-state index >= 15 is 0 Å². The van der Waals surface area contributed by atoms with Gasteiger partial charge >= 0.3 is 0 Å². The number of rotatable bonds is 3. The van der Waals surface area contributed by atoms with E-state index in [1.54, 1.807) is 7.11 Å². The average Bonchev–Trinajstić information content (AvgIpc) is 2.36. The van der Waals surface area contributed by atoms with Crippen molar-refractivity contribution in [3.8, 4) is 5.75 Å². The molecule has 1 aromatic heterocycles. The summed E-state index contributed by atoms with van der Waals surface area (Å²) in [7, 11) is 1.67. The molecule has 1 unspecified atom stereocenters. The van der Waals surface area contributed by atoms with Crippen molar-refractivity contribution in [2.75, 3.05) is 13.7 Å². The lowest BCUT2D eigenvalue weighted by molar-refractivity contribution is 0.415. The Balaban J connectivity index is 2.64. The molecule has 2 aromatic rings. The van der Waals surface area contributed by atoms with Gasteiger partial charge in [-0.1, -0.05) is 13.0 Å². The number of aromatic nitrogens is 1. The van der Waals surface area contributed by atoms with Crippen LogP contribution >= 0.6 is 0 Å². The number of nitrogens with zero attached hydrogens (tertiary/aromatic N) is 1. The number of nitrogens with two attached hydrogens (primary N) is 1. The van der Waals surface area contributed by atoms with Crippen LogP contribution in [0, 0.1) is 0 Å². The number of benzene rings is 1. The van der Waals surface area contributed by atoms with Crippen LogP contribution in [-0.2, 0) is 0 Å². The van der Waals surface area contributed by atoms with Gasteiger partial charge in [0.25, 0.3) is 0 Å². The number of ether oxygens (including phenoxy) is 1. The number of hydrogen-bond acceptors (Lipinski definition) is 3. The standard InChI is InChI=1S/C13H16N2O/c1-9(8-14)13-12-7-11(16-2)4-3-10(12)5-6-15-13/h3-7,9H,8,14H2,1-2H3. The van der Waals surface area contributed by atoms with E-state index in [-0.39, 0.29) is 5.92 Å². The smallest absolute Gasteiger partial charge is 0.119 e. The van der Waals surface area contributed by atoms with Gasteiger partial charge in [0.1, 0.15) is 5.75 Å². The molecule has 0 aliphatic rings. The molecule has 1 atom stereocenters. The minimum Gasteiger partial charge on any atom is -0.497 e. The van der Waals surface area contributed by atoms with Gasteiger partial charge in [-0.25, -0.2) is 0 Å². The van der Waals surface area contributed by atoms with Crippen molar-refractivity contribution in [3.05, 3.63) is 36.2 Å². The first-order valence-corrected chi connectivity index (χ1v) is 5.39. The van der Waals surface area contributed by atoms with Crippen LogP contribution in [0.5, 0.6) is 5.75 Å². The second-order valence-corrected chi connectivity index (χ2v) is 3.92. The maximum atomic E-state index is 5.69. The van der Waals surface area contributed by atoms with Gasteiger partial charge in [-0.3, -0.25) is 4.98 Å². The zero-order valence-electron chi connectivity index (χ0n) is 9.60. The van der Waals surface area contributed by atoms with Gasteiger partial charge in [0.15, 0.2) is 0 Å². The van der Waals surface area contributed by atoms with Crippen LogP contribution in [0.25, 0.3) is 10.8 Å². The Morgan fingerprint density at radius 3 is 2.88 bits per heavy atom. The summed E-state index contributed by atoms with van der Waals surface area (Å²) in [5, 5.41) is 2.30. The third-order valence-corrected chi connectivity index (χ3v) is 2.82. The molecule has 0 radical (unpaired) electrons. The molecule has 0 aliphatic carbocycles. The fourth-order valence-corrected chi connectivity index (χ4v) is 1.80. The quantitative estimate of drug-likeness (QED) is 0.856. The lowest BCUT2D eigenvalue weighted by Crippen LogP contribution is -2.10. The molecule has 3 nitrogen and oxygen atoms in total. The largest absolute Gasteiger partial charge is 0.497 e.